The molecule has 8 heteroatoms. The number of carbonyl (C=O) groups excluding carboxylic acids is 4. The first-order valence-corrected chi connectivity index (χ1v) is 12.8. The van der Waals surface area contributed by atoms with Crippen LogP contribution < -0.4 is 14.5 Å². The molecule has 5 rings (SSSR count). The number of rotatable bonds is 4. The second-order valence-electron chi connectivity index (χ2n) is 10.3. The van der Waals surface area contributed by atoms with Gasteiger partial charge in [-0.05, 0) is 80.5 Å². The second kappa shape index (κ2) is 9.36. The summed E-state index contributed by atoms with van der Waals surface area (Å²) in [7, 11) is 0. The predicted molar refractivity (Wildman–Crippen MR) is 136 cm³/mol. The largest absolute Gasteiger partial charge is 0.426 e. The molecular weight excluding hydrogens is 480 g/mol. The summed E-state index contributed by atoms with van der Waals surface area (Å²) in [5, 5.41) is 0.561. The van der Waals surface area contributed by atoms with Gasteiger partial charge in [0.25, 0.3) is 0 Å². The van der Waals surface area contributed by atoms with Gasteiger partial charge in [-0.2, -0.15) is 0 Å². The maximum Gasteiger partial charge on any atom is 0.316 e. The summed E-state index contributed by atoms with van der Waals surface area (Å²) in [5.41, 5.74) is 2.68. The van der Waals surface area contributed by atoms with Gasteiger partial charge < -0.3 is 9.64 Å². The normalized spacial score (nSPS) is 25.9. The van der Waals surface area contributed by atoms with Gasteiger partial charge >= 0.3 is 5.97 Å². The number of carbonyl (C=O) groups is 4. The number of nitrogens with zero attached hydrogens (tertiary/aromatic N) is 2. The monoisotopic (exact) mass is 508 g/mol. The van der Waals surface area contributed by atoms with Gasteiger partial charge in [-0.15, -0.1) is 0 Å². The summed E-state index contributed by atoms with van der Waals surface area (Å²) >= 11 is 6.21. The van der Waals surface area contributed by atoms with Crippen molar-refractivity contribution in [3.05, 3.63) is 52.5 Å². The number of amides is 3. The first kappa shape index (κ1) is 24.5. The summed E-state index contributed by atoms with van der Waals surface area (Å²) in [5.74, 6) is -1.26. The van der Waals surface area contributed by atoms with Crippen LogP contribution in [0.4, 0.5) is 11.4 Å². The molecule has 0 aromatic heterocycles. The van der Waals surface area contributed by atoms with Crippen molar-refractivity contribution >= 4 is 46.7 Å². The molecule has 0 N–H and O–H groups in total. The highest BCUT2D eigenvalue weighted by Gasteiger charge is 2.50. The average molecular weight is 509 g/mol. The van der Waals surface area contributed by atoms with E-state index in [4.69, 9.17) is 16.3 Å². The Bertz CT molecular complexity index is 1270. The van der Waals surface area contributed by atoms with Crippen molar-refractivity contribution in [2.24, 2.45) is 23.7 Å². The fourth-order valence-corrected chi connectivity index (χ4v) is 5.93. The Kier molecular flexibility index (Phi) is 6.37. The third kappa shape index (κ3) is 4.19. The van der Waals surface area contributed by atoms with E-state index >= 15 is 0 Å². The third-order valence-electron chi connectivity index (χ3n) is 7.80. The maximum atomic E-state index is 13.1. The summed E-state index contributed by atoms with van der Waals surface area (Å²) in [6.07, 6.45) is 2.50. The van der Waals surface area contributed by atoms with Crippen LogP contribution in [0, 0.1) is 37.5 Å². The SMILES string of the molecule is Cc1cc(OC(=O)[C@@H]2CC(=O)N(c3cccc(Cl)c3C)C2)ccc1N1C(=O)[C@H]2C[C@@H](C)CC[C@H]2C1=O. The van der Waals surface area contributed by atoms with Gasteiger partial charge in [0.15, 0.2) is 0 Å². The zero-order chi connectivity index (χ0) is 25.7. The summed E-state index contributed by atoms with van der Waals surface area (Å²) in [4.78, 5) is 54.6. The Balaban J connectivity index is 1.29. The number of ether oxygens (including phenoxy) is 1. The Labute approximate surface area is 215 Å². The minimum Gasteiger partial charge on any atom is -0.426 e. The zero-order valence-corrected chi connectivity index (χ0v) is 21.4. The number of esters is 1. The molecular formula is C28H29ClN2O5. The Morgan fingerprint density at radius 3 is 2.50 bits per heavy atom. The zero-order valence-electron chi connectivity index (χ0n) is 20.6. The quantitative estimate of drug-likeness (QED) is 0.335. The van der Waals surface area contributed by atoms with E-state index in [2.05, 4.69) is 6.92 Å². The highest BCUT2D eigenvalue weighted by molar-refractivity contribution is 6.31. The topological polar surface area (TPSA) is 84.0 Å². The summed E-state index contributed by atoms with van der Waals surface area (Å²) in [6, 6.07) is 10.3. The third-order valence-corrected chi connectivity index (χ3v) is 8.21. The van der Waals surface area contributed by atoms with E-state index < -0.39 is 11.9 Å². The van der Waals surface area contributed by atoms with Crippen molar-refractivity contribution in [3.63, 3.8) is 0 Å². The van der Waals surface area contributed by atoms with E-state index in [-0.39, 0.29) is 42.5 Å². The molecule has 0 unspecified atom stereocenters. The molecule has 2 heterocycles. The first-order chi connectivity index (χ1) is 17.2. The molecule has 36 heavy (non-hydrogen) atoms. The number of hydrogen-bond acceptors (Lipinski definition) is 5. The van der Waals surface area contributed by atoms with Crippen LogP contribution in [0.2, 0.25) is 5.02 Å². The first-order valence-electron chi connectivity index (χ1n) is 12.4. The molecule has 2 aromatic carbocycles. The number of benzene rings is 2. The highest BCUT2D eigenvalue weighted by atomic mass is 35.5. The molecule has 188 valence electrons. The maximum absolute atomic E-state index is 13.1. The van der Waals surface area contributed by atoms with E-state index in [0.717, 1.165) is 24.8 Å². The van der Waals surface area contributed by atoms with E-state index in [1.165, 1.54) is 4.90 Å². The lowest BCUT2D eigenvalue weighted by Crippen LogP contribution is -2.31. The molecule has 2 saturated heterocycles. The van der Waals surface area contributed by atoms with Crippen LogP contribution >= 0.6 is 11.6 Å². The molecule has 4 atom stereocenters. The lowest BCUT2D eigenvalue weighted by molar-refractivity contribution is -0.139. The molecule has 0 radical (unpaired) electrons. The number of imide groups is 1. The fraction of sp³-hybridized carbons (Fsp3) is 0.429. The average Bonchev–Trinajstić information content (AvgIpc) is 3.33. The van der Waals surface area contributed by atoms with Crippen molar-refractivity contribution in [1.29, 1.82) is 0 Å². The molecule has 2 aliphatic heterocycles. The van der Waals surface area contributed by atoms with Gasteiger partial charge in [0.1, 0.15) is 5.75 Å². The molecule has 1 aliphatic carbocycles. The number of hydrogen-bond donors (Lipinski definition) is 0. The minimum atomic E-state index is -0.609. The van der Waals surface area contributed by atoms with Crippen LogP contribution in [0.5, 0.6) is 5.75 Å². The highest BCUT2D eigenvalue weighted by Crippen LogP contribution is 2.43. The Hall–Kier alpha value is -3.19. The van der Waals surface area contributed by atoms with E-state index in [0.29, 0.717) is 33.6 Å². The van der Waals surface area contributed by atoms with Gasteiger partial charge in [0.2, 0.25) is 17.7 Å². The van der Waals surface area contributed by atoms with Gasteiger partial charge in [-0.25, -0.2) is 4.90 Å². The molecule has 1 saturated carbocycles. The van der Waals surface area contributed by atoms with Crippen LogP contribution in [0.3, 0.4) is 0 Å². The van der Waals surface area contributed by atoms with Gasteiger partial charge in [-0.3, -0.25) is 19.2 Å². The molecule has 2 aromatic rings. The lowest BCUT2D eigenvalue weighted by atomic mass is 9.76. The van der Waals surface area contributed by atoms with Crippen LogP contribution in [0.1, 0.15) is 43.7 Å². The van der Waals surface area contributed by atoms with E-state index in [1.807, 2.05) is 13.0 Å². The van der Waals surface area contributed by atoms with Crippen LogP contribution in [-0.4, -0.2) is 30.2 Å². The van der Waals surface area contributed by atoms with Crippen molar-refractivity contribution in [2.75, 3.05) is 16.3 Å². The Morgan fingerprint density at radius 1 is 1.00 bits per heavy atom. The van der Waals surface area contributed by atoms with Crippen molar-refractivity contribution < 1.29 is 23.9 Å². The molecule has 0 spiro atoms. The van der Waals surface area contributed by atoms with Crippen LogP contribution in [0.25, 0.3) is 0 Å². The number of anilines is 2. The van der Waals surface area contributed by atoms with Gasteiger partial charge in [0.05, 0.1) is 23.4 Å². The van der Waals surface area contributed by atoms with Crippen molar-refractivity contribution in [1.82, 2.24) is 0 Å². The standard InChI is InChI=1S/C28H29ClN2O5/c1-15-7-9-20-21(11-15)27(34)31(26(20)33)23-10-8-19(12-16(23)2)36-28(35)18-13-25(32)30(14-18)24-6-4-5-22(29)17(24)3/h4-6,8,10,12,15,18,20-21H,7,9,11,13-14H2,1-3H3/t15-,18+,20+,21-/m0/s1. The predicted octanol–water partition coefficient (Wildman–Crippen LogP) is 4.84. The van der Waals surface area contributed by atoms with Crippen molar-refractivity contribution in [3.8, 4) is 5.75 Å². The van der Waals surface area contributed by atoms with E-state index in [1.54, 1.807) is 42.2 Å². The smallest absolute Gasteiger partial charge is 0.316 e. The number of fused-ring (bicyclic) bond motifs is 1. The summed E-state index contributed by atoms with van der Waals surface area (Å²) in [6.45, 7) is 5.97. The molecule has 3 amide bonds. The van der Waals surface area contributed by atoms with Crippen LogP contribution in [0.15, 0.2) is 36.4 Å². The fourth-order valence-electron chi connectivity index (χ4n) is 5.76. The van der Waals surface area contributed by atoms with Gasteiger partial charge in [0, 0.05) is 23.7 Å². The molecule has 0 bridgehead atoms. The van der Waals surface area contributed by atoms with Gasteiger partial charge in [-0.1, -0.05) is 24.6 Å². The van der Waals surface area contributed by atoms with Crippen LogP contribution in [-0.2, 0) is 19.2 Å². The number of halogens is 1. The summed E-state index contributed by atoms with van der Waals surface area (Å²) < 4.78 is 5.61. The molecule has 3 aliphatic rings. The Morgan fingerprint density at radius 2 is 1.75 bits per heavy atom. The molecule has 7 nitrogen and oxygen atoms in total. The van der Waals surface area contributed by atoms with E-state index in [9.17, 15) is 19.2 Å². The van der Waals surface area contributed by atoms with Crippen molar-refractivity contribution in [2.45, 2.75) is 46.5 Å². The second-order valence-corrected chi connectivity index (χ2v) is 10.7. The number of aryl methyl sites for hydroxylation is 1. The minimum absolute atomic E-state index is 0.0554. The molecule has 3 fully saturated rings. The lowest BCUT2D eigenvalue weighted by Gasteiger charge is -2.25.